The lowest BCUT2D eigenvalue weighted by Gasteiger charge is -2.18. The molecular weight excluding hydrogens is 286 g/mol. The summed E-state index contributed by atoms with van der Waals surface area (Å²) in [7, 11) is 1.68. The van der Waals surface area contributed by atoms with Crippen molar-refractivity contribution in [2.24, 2.45) is 0 Å². The van der Waals surface area contributed by atoms with E-state index in [0.717, 1.165) is 10.4 Å². The van der Waals surface area contributed by atoms with Gasteiger partial charge in [0.2, 0.25) is 0 Å². The molecule has 3 amide bonds. The number of rotatable bonds is 3. The summed E-state index contributed by atoms with van der Waals surface area (Å²) in [5.41, 5.74) is 6.46. The van der Waals surface area contributed by atoms with Crippen LogP contribution in [0.15, 0.2) is 41.8 Å². The van der Waals surface area contributed by atoms with Gasteiger partial charge in [-0.05, 0) is 36.1 Å². The molecule has 0 aliphatic rings. The monoisotopic (exact) mass is 303 g/mol. The van der Waals surface area contributed by atoms with Gasteiger partial charge in [0.05, 0.1) is 6.54 Å². The average molecular weight is 303 g/mol. The molecule has 1 aromatic heterocycles. The fourth-order valence-electron chi connectivity index (χ4n) is 1.72. The zero-order valence-corrected chi connectivity index (χ0v) is 12.7. The molecule has 2 rings (SSSR count). The summed E-state index contributed by atoms with van der Waals surface area (Å²) in [5.74, 6) is -0.343. The van der Waals surface area contributed by atoms with Gasteiger partial charge in [-0.25, -0.2) is 10.2 Å². The normalized spacial score (nSPS) is 10.0. The second-order valence-corrected chi connectivity index (χ2v) is 5.63. The van der Waals surface area contributed by atoms with Gasteiger partial charge in [0.1, 0.15) is 0 Å². The van der Waals surface area contributed by atoms with Crippen LogP contribution < -0.4 is 10.9 Å². The predicted molar refractivity (Wildman–Crippen MR) is 83.0 cm³/mol. The van der Waals surface area contributed by atoms with Crippen LogP contribution in [0, 0.1) is 6.92 Å². The maximum absolute atomic E-state index is 11.9. The Morgan fingerprint density at radius 3 is 2.48 bits per heavy atom. The largest absolute Gasteiger partial charge is 0.336 e. The molecular formula is C15H17N3O2S. The molecule has 110 valence electrons. The number of hydrogen-bond donors (Lipinski definition) is 2. The molecule has 21 heavy (non-hydrogen) atoms. The highest BCUT2D eigenvalue weighted by molar-refractivity contribution is 7.10. The van der Waals surface area contributed by atoms with Gasteiger partial charge in [0.25, 0.3) is 5.91 Å². The van der Waals surface area contributed by atoms with Crippen molar-refractivity contribution in [1.29, 1.82) is 0 Å². The van der Waals surface area contributed by atoms with Crippen LogP contribution in [0.5, 0.6) is 0 Å². The summed E-state index contributed by atoms with van der Waals surface area (Å²) in [6, 6.07) is 10.4. The first kappa shape index (κ1) is 15.1. The Kier molecular flexibility index (Phi) is 4.94. The molecule has 1 heterocycles. The zero-order valence-electron chi connectivity index (χ0n) is 11.9. The first-order valence-electron chi connectivity index (χ1n) is 6.47. The number of hydrogen-bond acceptors (Lipinski definition) is 3. The van der Waals surface area contributed by atoms with Crippen molar-refractivity contribution in [3.63, 3.8) is 0 Å². The summed E-state index contributed by atoms with van der Waals surface area (Å²) < 4.78 is 0. The molecule has 0 unspecified atom stereocenters. The molecule has 0 aliphatic heterocycles. The van der Waals surface area contributed by atoms with Gasteiger partial charge in [-0.1, -0.05) is 18.2 Å². The van der Waals surface area contributed by atoms with E-state index in [4.69, 9.17) is 0 Å². The second-order valence-electron chi connectivity index (χ2n) is 4.63. The number of nitrogens with one attached hydrogen (secondary N) is 2. The third-order valence-electron chi connectivity index (χ3n) is 3.01. The molecule has 6 heteroatoms. The van der Waals surface area contributed by atoms with Crippen molar-refractivity contribution in [2.75, 3.05) is 7.05 Å². The quantitative estimate of drug-likeness (QED) is 0.856. The first-order chi connectivity index (χ1) is 10.1. The number of thiophene rings is 1. The van der Waals surface area contributed by atoms with E-state index in [1.165, 1.54) is 4.90 Å². The van der Waals surface area contributed by atoms with Crippen LogP contribution in [0.2, 0.25) is 0 Å². The summed E-state index contributed by atoms with van der Waals surface area (Å²) in [5, 5.41) is 1.99. The van der Waals surface area contributed by atoms with Gasteiger partial charge in [-0.3, -0.25) is 10.2 Å². The zero-order chi connectivity index (χ0) is 15.2. The Hall–Kier alpha value is -2.34. The number of carbonyl (C=O) groups excluding carboxylic acids is 2. The highest BCUT2D eigenvalue weighted by atomic mass is 32.1. The Bertz CT molecular complexity index is 625. The molecule has 0 saturated carbocycles. The number of aryl methyl sites for hydroxylation is 1. The molecule has 0 aliphatic carbocycles. The van der Waals surface area contributed by atoms with E-state index in [9.17, 15) is 9.59 Å². The van der Waals surface area contributed by atoms with Gasteiger partial charge < -0.3 is 4.90 Å². The Morgan fingerprint density at radius 1 is 1.14 bits per heavy atom. The third kappa shape index (κ3) is 4.06. The third-order valence-corrected chi connectivity index (χ3v) is 4.02. The number of urea groups is 1. The Balaban J connectivity index is 1.84. The predicted octanol–water partition coefficient (Wildman–Crippen LogP) is 2.54. The molecule has 0 radical (unpaired) electrons. The number of hydrazine groups is 1. The van der Waals surface area contributed by atoms with Gasteiger partial charge in [-0.2, -0.15) is 0 Å². The van der Waals surface area contributed by atoms with E-state index in [0.29, 0.717) is 12.1 Å². The van der Waals surface area contributed by atoms with E-state index >= 15 is 0 Å². The highest BCUT2D eigenvalue weighted by Crippen LogP contribution is 2.17. The summed E-state index contributed by atoms with van der Waals surface area (Å²) in [6.07, 6.45) is 0. The smallest absolute Gasteiger partial charge is 0.321 e. The van der Waals surface area contributed by atoms with Crippen LogP contribution in [0.4, 0.5) is 4.79 Å². The van der Waals surface area contributed by atoms with Crippen LogP contribution in [0.1, 0.15) is 20.8 Å². The Labute approximate surface area is 127 Å². The maximum Gasteiger partial charge on any atom is 0.336 e. The lowest BCUT2D eigenvalue weighted by Crippen LogP contribution is -2.47. The average Bonchev–Trinajstić information content (AvgIpc) is 2.90. The molecule has 0 saturated heterocycles. The van der Waals surface area contributed by atoms with E-state index in [1.807, 2.05) is 24.4 Å². The molecule has 2 aromatic rings. The minimum atomic E-state index is -0.355. The fraction of sp³-hybridized carbons (Fsp3) is 0.200. The van der Waals surface area contributed by atoms with Crippen molar-refractivity contribution in [3.8, 4) is 0 Å². The molecule has 0 bridgehead atoms. The summed E-state index contributed by atoms with van der Waals surface area (Å²) in [4.78, 5) is 26.4. The van der Waals surface area contributed by atoms with Crippen molar-refractivity contribution in [1.82, 2.24) is 15.8 Å². The summed E-state index contributed by atoms with van der Waals surface area (Å²) >= 11 is 1.61. The van der Waals surface area contributed by atoms with Crippen molar-refractivity contribution < 1.29 is 9.59 Å². The molecule has 2 N–H and O–H groups in total. The van der Waals surface area contributed by atoms with Crippen LogP contribution in [-0.4, -0.2) is 23.9 Å². The van der Waals surface area contributed by atoms with E-state index in [2.05, 4.69) is 10.9 Å². The molecule has 0 fully saturated rings. The number of nitrogens with zero attached hydrogens (tertiary/aromatic N) is 1. The Morgan fingerprint density at radius 2 is 1.86 bits per heavy atom. The second kappa shape index (κ2) is 6.90. The van der Waals surface area contributed by atoms with Crippen LogP contribution in [0.25, 0.3) is 0 Å². The molecule has 5 nitrogen and oxygen atoms in total. The van der Waals surface area contributed by atoms with Gasteiger partial charge >= 0.3 is 6.03 Å². The lowest BCUT2D eigenvalue weighted by molar-refractivity contribution is 0.0931. The van der Waals surface area contributed by atoms with Gasteiger partial charge in [0, 0.05) is 17.5 Å². The number of amides is 3. The lowest BCUT2D eigenvalue weighted by atomic mass is 10.2. The molecule has 0 spiro atoms. The minimum absolute atomic E-state index is 0.343. The van der Waals surface area contributed by atoms with Crippen molar-refractivity contribution in [2.45, 2.75) is 13.5 Å². The van der Waals surface area contributed by atoms with Gasteiger partial charge in [-0.15, -0.1) is 11.3 Å². The van der Waals surface area contributed by atoms with Crippen LogP contribution in [-0.2, 0) is 6.54 Å². The van der Waals surface area contributed by atoms with Crippen molar-refractivity contribution in [3.05, 3.63) is 57.8 Å². The highest BCUT2D eigenvalue weighted by Gasteiger charge is 2.12. The molecule has 1 aromatic carbocycles. The van der Waals surface area contributed by atoms with E-state index < -0.39 is 0 Å². The molecule has 0 atom stereocenters. The van der Waals surface area contributed by atoms with Gasteiger partial charge in [0.15, 0.2) is 0 Å². The van der Waals surface area contributed by atoms with Crippen molar-refractivity contribution >= 4 is 23.3 Å². The number of benzene rings is 1. The minimum Gasteiger partial charge on any atom is -0.321 e. The summed E-state index contributed by atoms with van der Waals surface area (Å²) in [6.45, 7) is 2.52. The van der Waals surface area contributed by atoms with E-state index in [1.54, 1.807) is 42.6 Å². The van der Waals surface area contributed by atoms with E-state index in [-0.39, 0.29) is 11.9 Å². The topological polar surface area (TPSA) is 61.4 Å². The SMILES string of the molecule is Cc1ccsc1CN(C)C(=O)NNC(=O)c1ccccc1. The fourth-order valence-corrected chi connectivity index (χ4v) is 2.68. The maximum atomic E-state index is 11.9. The first-order valence-corrected chi connectivity index (χ1v) is 7.35. The van der Waals surface area contributed by atoms with Crippen LogP contribution in [0.3, 0.4) is 0 Å². The number of carbonyl (C=O) groups is 2. The standard InChI is InChI=1S/C15H17N3O2S/c1-11-8-9-21-13(11)10-18(2)15(20)17-16-14(19)12-6-4-3-5-7-12/h3-9H,10H2,1-2H3,(H,16,19)(H,17,20). The van der Waals surface area contributed by atoms with Crippen LogP contribution >= 0.6 is 11.3 Å².